The number of carbonyl (C=O) groups excluding carboxylic acids is 1. The molecule has 0 unspecified atom stereocenters. The van der Waals surface area contributed by atoms with Gasteiger partial charge in [-0.3, -0.25) is 4.79 Å². The van der Waals surface area contributed by atoms with Crippen LogP contribution < -0.4 is 5.32 Å². The predicted molar refractivity (Wildman–Crippen MR) is 88.6 cm³/mol. The van der Waals surface area contributed by atoms with Gasteiger partial charge in [-0.2, -0.15) is 0 Å². The predicted octanol–water partition coefficient (Wildman–Crippen LogP) is 2.81. The van der Waals surface area contributed by atoms with Crippen molar-refractivity contribution in [3.8, 4) is 11.3 Å². The molecule has 0 bridgehead atoms. The summed E-state index contributed by atoms with van der Waals surface area (Å²) in [4.78, 5) is 11.8. The fraction of sp³-hybridized carbons (Fsp3) is 0.412. The highest BCUT2D eigenvalue weighted by Gasteiger charge is 2.16. The van der Waals surface area contributed by atoms with Gasteiger partial charge in [0.1, 0.15) is 12.3 Å². The van der Waals surface area contributed by atoms with Crippen molar-refractivity contribution in [1.29, 1.82) is 0 Å². The summed E-state index contributed by atoms with van der Waals surface area (Å²) in [7, 11) is 0. The molecule has 1 N–H and O–H groups in total. The summed E-state index contributed by atoms with van der Waals surface area (Å²) >= 11 is 5.86. The van der Waals surface area contributed by atoms with Gasteiger partial charge in [-0.1, -0.05) is 28.9 Å². The lowest BCUT2D eigenvalue weighted by molar-refractivity contribution is -0.127. The second-order valence-electron chi connectivity index (χ2n) is 5.61. The number of ether oxygens (including phenoxy) is 2. The Morgan fingerprint density at radius 1 is 1.38 bits per heavy atom. The molecule has 1 fully saturated rings. The van der Waals surface area contributed by atoms with E-state index in [1.807, 2.05) is 12.1 Å². The maximum absolute atomic E-state index is 11.8. The Morgan fingerprint density at radius 3 is 2.96 bits per heavy atom. The van der Waals surface area contributed by atoms with Crippen molar-refractivity contribution in [3.05, 3.63) is 41.1 Å². The number of halogens is 1. The molecule has 1 aliphatic heterocycles. The number of rotatable bonds is 7. The fourth-order valence-electron chi connectivity index (χ4n) is 2.45. The first-order valence-corrected chi connectivity index (χ1v) is 8.26. The number of hydrogen-bond acceptors (Lipinski definition) is 5. The summed E-state index contributed by atoms with van der Waals surface area (Å²) in [5.74, 6) is 0.380. The van der Waals surface area contributed by atoms with Gasteiger partial charge in [-0.05, 0) is 25.0 Å². The molecule has 24 heavy (non-hydrogen) atoms. The van der Waals surface area contributed by atoms with Gasteiger partial charge in [0.15, 0.2) is 5.76 Å². The zero-order valence-electron chi connectivity index (χ0n) is 13.2. The lowest BCUT2D eigenvalue weighted by Crippen LogP contribution is -2.28. The van der Waals surface area contributed by atoms with Crippen LogP contribution in [-0.2, 0) is 20.8 Å². The SMILES string of the molecule is O=C(COC[C@@H]1CCCO1)NCc1cc(-c2ccc(Cl)cc2)no1. The van der Waals surface area contributed by atoms with Gasteiger partial charge in [-0.25, -0.2) is 0 Å². The summed E-state index contributed by atoms with van der Waals surface area (Å²) in [6.07, 6.45) is 2.17. The van der Waals surface area contributed by atoms with Crippen molar-refractivity contribution >= 4 is 17.5 Å². The Balaban J connectivity index is 1.41. The number of amides is 1. The molecule has 3 rings (SSSR count). The zero-order valence-corrected chi connectivity index (χ0v) is 13.9. The third kappa shape index (κ3) is 4.80. The number of benzene rings is 1. The van der Waals surface area contributed by atoms with Gasteiger partial charge in [-0.15, -0.1) is 0 Å². The van der Waals surface area contributed by atoms with E-state index in [1.165, 1.54) is 0 Å². The highest BCUT2D eigenvalue weighted by atomic mass is 35.5. The van der Waals surface area contributed by atoms with Gasteiger partial charge in [0.05, 0.1) is 19.3 Å². The van der Waals surface area contributed by atoms with E-state index in [2.05, 4.69) is 10.5 Å². The van der Waals surface area contributed by atoms with E-state index in [4.69, 9.17) is 25.6 Å². The number of nitrogens with one attached hydrogen (secondary N) is 1. The van der Waals surface area contributed by atoms with Crippen molar-refractivity contribution in [2.75, 3.05) is 19.8 Å². The minimum Gasteiger partial charge on any atom is -0.376 e. The fourth-order valence-corrected chi connectivity index (χ4v) is 2.57. The molecule has 1 saturated heterocycles. The van der Waals surface area contributed by atoms with Crippen LogP contribution in [0.3, 0.4) is 0 Å². The van der Waals surface area contributed by atoms with Crippen molar-refractivity contribution < 1.29 is 18.8 Å². The number of nitrogens with zero attached hydrogens (tertiary/aromatic N) is 1. The van der Waals surface area contributed by atoms with Gasteiger partial charge < -0.3 is 19.3 Å². The Morgan fingerprint density at radius 2 is 2.21 bits per heavy atom. The van der Waals surface area contributed by atoms with Crippen LogP contribution in [0.2, 0.25) is 5.02 Å². The summed E-state index contributed by atoms with van der Waals surface area (Å²) in [6.45, 7) is 1.51. The van der Waals surface area contributed by atoms with E-state index in [9.17, 15) is 4.79 Å². The third-order valence-electron chi connectivity index (χ3n) is 3.72. The molecule has 1 atom stereocenters. The van der Waals surface area contributed by atoms with Crippen LogP contribution in [0.1, 0.15) is 18.6 Å². The van der Waals surface area contributed by atoms with Crippen molar-refractivity contribution in [1.82, 2.24) is 10.5 Å². The first-order chi connectivity index (χ1) is 11.7. The maximum Gasteiger partial charge on any atom is 0.246 e. The largest absolute Gasteiger partial charge is 0.376 e. The average molecular weight is 351 g/mol. The smallest absolute Gasteiger partial charge is 0.246 e. The van der Waals surface area contributed by atoms with Crippen molar-refractivity contribution in [2.24, 2.45) is 0 Å². The van der Waals surface area contributed by atoms with Crippen molar-refractivity contribution in [2.45, 2.75) is 25.5 Å². The molecule has 1 aromatic carbocycles. The summed E-state index contributed by atoms with van der Waals surface area (Å²) in [6, 6.07) is 9.09. The van der Waals surface area contributed by atoms with E-state index in [0.717, 1.165) is 25.0 Å². The topological polar surface area (TPSA) is 73.6 Å². The van der Waals surface area contributed by atoms with E-state index in [1.54, 1.807) is 18.2 Å². The molecule has 2 heterocycles. The highest BCUT2D eigenvalue weighted by Crippen LogP contribution is 2.21. The van der Waals surface area contributed by atoms with E-state index < -0.39 is 0 Å². The lowest BCUT2D eigenvalue weighted by Gasteiger charge is -2.09. The molecule has 0 saturated carbocycles. The van der Waals surface area contributed by atoms with E-state index in [0.29, 0.717) is 23.1 Å². The average Bonchev–Trinajstić information content (AvgIpc) is 3.25. The number of carbonyl (C=O) groups is 1. The Hall–Kier alpha value is -1.89. The quantitative estimate of drug-likeness (QED) is 0.831. The maximum atomic E-state index is 11.8. The molecule has 2 aromatic rings. The van der Waals surface area contributed by atoms with Crippen LogP contribution >= 0.6 is 11.6 Å². The first kappa shape index (κ1) is 17.0. The molecular formula is C17H19ClN2O4. The highest BCUT2D eigenvalue weighted by molar-refractivity contribution is 6.30. The molecule has 128 valence electrons. The standard InChI is InChI=1S/C17H19ClN2O4/c18-13-5-3-12(4-6-13)16-8-15(24-20-16)9-19-17(21)11-22-10-14-2-1-7-23-14/h3-6,8,14H,1-2,7,9-11H2,(H,19,21)/t14-/m0/s1. The van der Waals surface area contributed by atoms with E-state index in [-0.39, 0.29) is 25.2 Å². The number of hydrogen-bond donors (Lipinski definition) is 1. The van der Waals surface area contributed by atoms with Crippen LogP contribution in [0.4, 0.5) is 0 Å². The number of aromatic nitrogens is 1. The van der Waals surface area contributed by atoms with Gasteiger partial charge >= 0.3 is 0 Å². The van der Waals surface area contributed by atoms with Crippen LogP contribution in [0, 0.1) is 0 Å². The van der Waals surface area contributed by atoms with Crippen LogP contribution in [0.15, 0.2) is 34.9 Å². The summed E-state index contributed by atoms with van der Waals surface area (Å²) in [5, 5.41) is 7.39. The van der Waals surface area contributed by atoms with Gasteiger partial charge in [0.25, 0.3) is 0 Å². The monoisotopic (exact) mass is 350 g/mol. The molecule has 1 aliphatic rings. The minimum atomic E-state index is -0.197. The molecule has 7 heteroatoms. The summed E-state index contributed by atoms with van der Waals surface area (Å²) in [5.41, 5.74) is 1.60. The van der Waals surface area contributed by atoms with Crippen LogP contribution in [-0.4, -0.2) is 37.0 Å². The van der Waals surface area contributed by atoms with E-state index >= 15 is 0 Å². The zero-order chi connectivity index (χ0) is 16.8. The molecule has 0 radical (unpaired) electrons. The first-order valence-electron chi connectivity index (χ1n) is 7.88. The van der Waals surface area contributed by atoms with Gasteiger partial charge in [0, 0.05) is 23.3 Å². The molecule has 6 nitrogen and oxygen atoms in total. The van der Waals surface area contributed by atoms with Gasteiger partial charge in [0.2, 0.25) is 5.91 Å². The van der Waals surface area contributed by atoms with Crippen LogP contribution in [0.25, 0.3) is 11.3 Å². The lowest BCUT2D eigenvalue weighted by atomic mass is 10.1. The molecule has 0 spiro atoms. The molecule has 1 aromatic heterocycles. The Labute approximate surface area is 145 Å². The molecule has 1 amide bonds. The van der Waals surface area contributed by atoms with Crippen LogP contribution in [0.5, 0.6) is 0 Å². The molecule has 0 aliphatic carbocycles. The third-order valence-corrected chi connectivity index (χ3v) is 3.97. The second kappa shape index (κ2) is 8.28. The minimum absolute atomic E-state index is 0.0119. The van der Waals surface area contributed by atoms with Crippen molar-refractivity contribution in [3.63, 3.8) is 0 Å². The Bertz CT molecular complexity index is 665. The summed E-state index contributed by atoms with van der Waals surface area (Å²) < 4.78 is 16.0. The Kier molecular flexibility index (Phi) is 5.85. The molecular weight excluding hydrogens is 332 g/mol. The second-order valence-corrected chi connectivity index (χ2v) is 6.05. The normalized spacial score (nSPS) is 17.1.